The van der Waals surface area contributed by atoms with Gasteiger partial charge < -0.3 is 10.0 Å². The third-order valence-corrected chi connectivity index (χ3v) is 4.54. The van der Waals surface area contributed by atoms with E-state index in [1.165, 1.54) is 18.0 Å². The first-order valence-electron chi connectivity index (χ1n) is 7.90. The number of hydrogen-bond donors (Lipinski definition) is 2. The third-order valence-electron chi connectivity index (χ3n) is 3.64. The first kappa shape index (κ1) is 17.8. The first-order valence-corrected chi connectivity index (χ1v) is 8.72. The van der Waals surface area contributed by atoms with Gasteiger partial charge in [-0.1, -0.05) is 24.3 Å². The highest BCUT2D eigenvalue weighted by molar-refractivity contribution is 8.18. The molecule has 2 N–H and O–H groups in total. The van der Waals surface area contributed by atoms with Crippen LogP contribution in [0.1, 0.15) is 11.1 Å². The monoisotopic (exact) mass is 366 g/mol. The number of rotatable bonds is 4. The van der Waals surface area contributed by atoms with Gasteiger partial charge in [0.1, 0.15) is 5.75 Å². The number of aromatic hydroxyl groups is 1. The fraction of sp³-hybridized carbons (Fsp3) is 0.105. The summed E-state index contributed by atoms with van der Waals surface area (Å²) in [4.78, 5) is 14.6. The molecule has 0 atom stereocenters. The van der Waals surface area contributed by atoms with Gasteiger partial charge in [0.25, 0.3) is 5.91 Å². The number of amidine groups is 1. The van der Waals surface area contributed by atoms with Crippen LogP contribution in [0.15, 0.2) is 63.6 Å². The van der Waals surface area contributed by atoms with Crippen molar-refractivity contribution in [1.29, 1.82) is 0 Å². The van der Waals surface area contributed by atoms with Gasteiger partial charge in [-0.05, 0) is 47.7 Å². The van der Waals surface area contributed by atoms with Crippen molar-refractivity contribution in [2.45, 2.75) is 0 Å². The molecular formula is C19H18N4O2S. The molecule has 0 bridgehead atoms. The van der Waals surface area contributed by atoms with E-state index in [4.69, 9.17) is 0 Å². The largest absolute Gasteiger partial charge is 0.507 e. The Bertz CT molecular complexity index is 902. The van der Waals surface area contributed by atoms with Crippen LogP contribution in [0.3, 0.4) is 0 Å². The zero-order chi connectivity index (χ0) is 18.5. The minimum atomic E-state index is -0.205. The Kier molecular flexibility index (Phi) is 5.38. The van der Waals surface area contributed by atoms with Gasteiger partial charge in [-0.25, -0.2) is 0 Å². The summed E-state index contributed by atoms with van der Waals surface area (Å²) in [5.74, 6) is -0.0792. The van der Waals surface area contributed by atoms with Crippen LogP contribution < -0.4 is 10.2 Å². The number of carbonyl (C=O) groups is 1. The number of anilines is 1. The average molecular weight is 366 g/mol. The Morgan fingerprint density at radius 1 is 1.12 bits per heavy atom. The Morgan fingerprint density at radius 3 is 2.54 bits per heavy atom. The fourth-order valence-electron chi connectivity index (χ4n) is 2.24. The quantitative estimate of drug-likeness (QED) is 0.495. The van der Waals surface area contributed by atoms with Crippen molar-refractivity contribution in [2.75, 3.05) is 19.0 Å². The molecule has 2 aromatic carbocycles. The molecule has 0 saturated carbocycles. The zero-order valence-corrected chi connectivity index (χ0v) is 15.2. The second kappa shape index (κ2) is 7.88. The highest BCUT2D eigenvalue weighted by Crippen LogP contribution is 2.26. The van der Waals surface area contributed by atoms with E-state index in [1.807, 2.05) is 49.3 Å². The number of nitrogens with zero attached hydrogens (tertiary/aromatic N) is 3. The molecule has 1 aliphatic rings. The number of hydrogen-bond acceptors (Lipinski definition) is 6. The van der Waals surface area contributed by atoms with Crippen LogP contribution in [0.4, 0.5) is 5.69 Å². The molecule has 0 radical (unpaired) electrons. The number of phenols is 1. The van der Waals surface area contributed by atoms with Gasteiger partial charge in [0.05, 0.1) is 11.1 Å². The maximum absolute atomic E-state index is 12.1. The molecular weight excluding hydrogens is 348 g/mol. The predicted octanol–water partition coefficient (Wildman–Crippen LogP) is 3.05. The zero-order valence-electron chi connectivity index (χ0n) is 14.4. The van der Waals surface area contributed by atoms with Crippen LogP contribution in [-0.4, -0.2) is 36.5 Å². The lowest BCUT2D eigenvalue weighted by Crippen LogP contribution is -2.19. The molecule has 7 heteroatoms. The summed E-state index contributed by atoms with van der Waals surface area (Å²) in [6, 6.07) is 14.7. The second-order valence-corrected chi connectivity index (χ2v) is 6.79. The number of benzene rings is 2. The summed E-state index contributed by atoms with van der Waals surface area (Å²) in [6.45, 7) is 0. The smallest absolute Gasteiger partial charge is 0.264 e. The van der Waals surface area contributed by atoms with Crippen LogP contribution in [0, 0.1) is 0 Å². The predicted molar refractivity (Wildman–Crippen MR) is 108 cm³/mol. The van der Waals surface area contributed by atoms with Crippen LogP contribution in [0.5, 0.6) is 5.75 Å². The van der Waals surface area contributed by atoms with Crippen LogP contribution in [0.25, 0.3) is 6.08 Å². The maximum atomic E-state index is 12.1. The van der Waals surface area contributed by atoms with Crippen molar-refractivity contribution in [1.82, 2.24) is 5.32 Å². The summed E-state index contributed by atoms with van der Waals surface area (Å²) in [5, 5.41) is 20.7. The van der Waals surface area contributed by atoms with E-state index in [-0.39, 0.29) is 11.7 Å². The molecule has 1 heterocycles. The van der Waals surface area contributed by atoms with Gasteiger partial charge in [0.2, 0.25) is 0 Å². The summed E-state index contributed by atoms with van der Waals surface area (Å²) >= 11 is 1.23. The SMILES string of the molecule is CN(C)c1ccc(/C=C2\S/C(=N/N=C/c3ccccc3O)NC2=O)cc1. The van der Waals surface area contributed by atoms with E-state index in [0.717, 1.165) is 11.3 Å². The lowest BCUT2D eigenvalue weighted by molar-refractivity contribution is -0.115. The lowest BCUT2D eigenvalue weighted by Gasteiger charge is -2.11. The van der Waals surface area contributed by atoms with Crippen molar-refractivity contribution in [2.24, 2.45) is 10.2 Å². The summed E-state index contributed by atoms with van der Waals surface area (Å²) in [7, 11) is 3.96. The van der Waals surface area contributed by atoms with Gasteiger partial charge in [0.15, 0.2) is 5.17 Å². The van der Waals surface area contributed by atoms with Gasteiger partial charge in [-0.2, -0.15) is 5.10 Å². The Balaban J connectivity index is 1.71. The van der Waals surface area contributed by atoms with Crippen LogP contribution in [0.2, 0.25) is 0 Å². The molecule has 26 heavy (non-hydrogen) atoms. The molecule has 3 rings (SSSR count). The third kappa shape index (κ3) is 4.31. The summed E-state index contributed by atoms with van der Waals surface area (Å²) in [6.07, 6.45) is 3.26. The molecule has 1 aliphatic heterocycles. The number of carbonyl (C=O) groups excluding carboxylic acids is 1. The summed E-state index contributed by atoms with van der Waals surface area (Å²) < 4.78 is 0. The molecule has 0 aromatic heterocycles. The maximum Gasteiger partial charge on any atom is 0.264 e. The first-order chi connectivity index (χ1) is 12.5. The number of phenolic OH excluding ortho intramolecular Hbond substituents is 1. The average Bonchev–Trinajstić information content (AvgIpc) is 2.96. The number of para-hydroxylation sites is 1. The standard InChI is InChI=1S/C19H18N4O2S/c1-23(2)15-9-7-13(8-10-15)11-17-18(25)21-19(26-17)22-20-12-14-5-3-4-6-16(14)24/h3-12,24H,1-2H3,(H,21,22,25)/b17-11-,20-12+. The topological polar surface area (TPSA) is 77.3 Å². The van der Waals surface area contributed by atoms with Crippen molar-refractivity contribution >= 4 is 40.8 Å². The van der Waals surface area contributed by atoms with Gasteiger partial charge in [-0.15, -0.1) is 5.10 Å². The number of amides is 1. The molecule has 0 aliphatic carbocycles. The van der Waals surface area contributed by atoms with Gasteiger partial charge in [0, 0.05) is 25.3 Å². The van der Waals surface area contributed by atoms with Crippen molar-refractivity contribution in [3.8, 4) is 5.75 Å². The Hall–Kier alpha value is -3.06. The van der Waals surface area contributed by atoms with Gasteiger partial charge in [-0.3, -0.25) is 10.1 Å². The molecule has 2 aromatic rings. The molecule has 1 amide bonds. The van der Waals surface area contributed by atoms with Crippen LogP contribution >= 0.6 is 11.8 Å². The molecule has 132 valence electrons. The van der Waals surface area contributed by atoms with E-state index < -0.39 is 0 Å². The van der Waals surface area contributed by atoms with E-state index in [0.29, 0.717) is 15.6 Å². The highest BCUT2D eigenvalue weighted by atomic mass is 32.2. The van der Waals surface area contributed by atoms with Crippen LogP contribution in [-0.2, 0) is 4.79 Å². The van der Waals surface area contributed by atoms with E-state index in [2.05, 4.69) is 15.5 Å². The summed E-state index contributed by atoms with van der Waals surface area (Å²) in [5.41, 5.74) is 2.59. The Morgan fingerprint density at radius 2 is 1.85 bits per heavy atom. The Labute approximate surface area is 155 Å². The van der Waals surface area contributed by atoms with E-state index in [1.54, 1.807) is 24.3 Å². The minimum Gasteiger partial charge on any atom is -0.507 e. The molecule has 0 unspecified atom stereocenters. The molecule has 1 fully saturated rings. The minimum absolute atomic E-state index is 0.126. The van der Waals surface area contributed by atoms with Crippen molar-refractivity contribution in [3.05, 3.63) is 64.6 Å². The lowest BCUT2D eigenvalue weighted by atomic mass is 10.2. The van der Waals surface area contributed by atoms with Crippen molar-refractivity contribution < 1.29 is 9.90 Å². The highest BCUT2D eigenvalue weighted by Gasteiger charge is 2.23. The number of nitrogens with one attached hydrogen (secondary N) is 1. The van der Waals surface area contributed by atoms with E-state index in [9.17, 15) is 9.90 Å². The number of thioether (sulfide) groups is 1. The molecule has 1 saturated heterocycles. The van der Waals surface area contributed by atoms with Gasteiger partial charge >= 0.3 is 0 Å². The fourth-order valence-corrected chi connectivity index (χ4v) is 3.01. The molecule has 0 spiro atoms. The van der Waals surface area contributed by atoms with Crippen molar-refractivity contribution in [3.63, 3.8) is 0 Å². The second-order valence-electron chi connectivity index (χ2n) is 5.76. The van der Waals surface area contributed by atoms with E-state index >= 15 is 0 Å². The normalized spacial score (nSPS) is 17.2. The molecule has 6 nitrogen and oxygen atoms in total.